The van der Waals surface area contributed by atoms with Gasteiger partial charge in [0.2, 0.25) is 0 Å². The second kappa shape index (κ2) is 9.05. The summed E-state index contributed by atoms with van der Waals surface area (Å²) in [5.41, 5.74) is 0. The van der Waals surface area contributed by atoms with E-state index in [4.69, 9.17) is 0 Å². The summed E-state index contributed by atoms with van der Waals surface area (Å²) in [6.45, 7) is 4.31. The number of hydrogen-bond acceptors (Lipinski definition) is 0. The first-order chi connectivity index (χ1) is 1.41. The van der Waals surface area contributed by atoms with Gasteiger partial charge in [-0.2, -0.15) is 0 Å². The van der Waals surface area contributed by atoms with E-state index in [1.165, 1.54) is 0 Å². The van der Waals surface area contributed by atoms with Crippen LogP contribution >= 0.6 is 8.58 Å². The van der Waals surface area contributed by atoms with Crippen molar-refractivity contribution in [1.82, 2.24) is 0 Å². The topological polar surface area (TPSA) is 0 Å². The fourth-order valence-electron chi connectivity index (χ4n) is 0. The van der Waals surface area contributed by atoms with Crippen molar-refractivity contribution >= 4 is 8.58 Å². The molecular weight excluding hydrogens is 114 g/mol. The predicted octanol–water partition coefficient (Wildman–Crippen LogP) is 0.922. The van der Waals surface area contributed by atoms with Crippen LogP contribution in [0.4, 0.5) is 0 Å². The van der Waals surface area contributed by atoms with Crippen LogP contribution in [0.2, 0.25) is 0 Å². The zero-order valence-electron chi connectivity index (χ0n) is 2.83. The molecule has 0 N–H and O–H groups in total. The Balaban J connectivity index is 0. The molecule has 0 aliphatic heterocycles. The van der Waals surface area contributed by atoms with Gasteiger partial charge in [0, 0.05) is 16.8 Å². The normalized spacial score (nSPS) is 4.50. The van der Waals surface area contributed by atoms with Crippen LogP contribution in [-0.4, -0.2) is 13.3 Å². The van der Waals surface area contributed by atoms with Crippen molar-refractivity contribution < 1.29 is 16.8 Å². The first-order valence-electron chi connectivity index (χ1n) is 1.00. The average molecular weight is 121 g/mol. The molecule has 1 radical (unpaired) electrons. The Labute approximate surface area is 39.3 Å². The molecule has 0 aliphatic rings. The van der Waals surface area contributed by atoms with E-state index < -0.39 is 0 Å². The fourth-order valence-corrected chi connectivity index (χ4v) is 0. The minimum atomic E-state index is 0. The van der Waals surface area contributed by atoms with Crippen LogP contribution in [0, 0.1) is 0 Å². The maximum Gasteiger partial charge on any atom is 0 e. The molecule has 4 heavy (non-hydrogen) atoms. The summed E-state index contributed by atoms with van der Waals surface area (Å²) >= 11 is 0. The predicted molar refractivity (Wildman–Crippen MR) is 20.2 cm³/mol. The molecule has 0 fully saturated rings. The van der Waals surface area contributed by atoms with Gasteiger partial charge in [-0.15, -0.1) is 8.58 Å². The average Bonchev–Trinajstić information content (AvgIpc) is 0.918. The summed E-state index contributed by atoms with van der Waals surface area (Å²) in [5.74, 6) is 0. The molecular formula is C2H7CoP. The maximum absolute atomic E-state index is 2.15. The van der Waals surface area contributed by atoms with E-state index in [0.29, 0.717) is 0 Å². The van der Waals surface area contributed by atoms with Gasteiger partial charge < -0.3 is 0 Å². The summed E-state index contributed by atoms with van der Waals surface area (Å²) in [6.07, 6.45) is 0. The zero-order valence-corrected chi connectivity index (χ0v) is 4.87. The van der Waals surface area contributed by atoms with Crippen LogP contribution in [0.25, 0.3) is 0 Å². The second-order valence-corrected chi connectivity index (χ2v) is 1.50. The molecule has 0 saturated carbocycles. The molecule has 0 aliphatic carbocycles. The monoisotopic (exact) mass is 121 g/mol. The third-order valence-electron chi connectivity index (χ3n) is 0. The smallest absolute Gasteiger partial charge is 0 e. The SMILES string of the molecule is CPC.[Co]. The molecule has 0 unspecified atom stereocenters. The third kappa shape index (κ3) is 12.6. The van der Waals surface area contributed by atoms with Gasteiger partial charge in [-0.3, -0.25) is 0 Å². The third-order valence-corrected chi connectivity index (χ3v) is 0. The van der Waals surface area contributed by atoms with E-state index in [-0.39, 0.29) is 16.8 Å². The van der Waals surface area contributed by atoms with E-state index in [1.807, 2.05) is 0 Å². The van der Waals surface area contributed by atoms with Crippen molar-refractivity contribution in [2.24, 2.45) is 0 Å². The van der Waals surface area contributed by atoms with E-state index in [0.717, 1.165) is 8.58 Å². The van der Waals surface area contributed by atoms with Gasteiger partial charge in [0.25, 0.3) is 0 Å². The molecule has 0 aromatic heterocycles. The maximum atomic E-state index is 2.15. The molecule has 0 saturated heterocycles. The van der Waals surface area contributed by atoms with Crippen LogP contribution in [0.15, 0.2) is 0 Å². The van der Waals surface area contributed by atoms with Gasteiger partial charge in [-0.05, 0) is 13.3 Å². The first-order valence-corrected chi connectivity index (χ1v) is 3.00. The standard InChI is InChI=1S/C2H7P.Co/c1-3-2;/h3H,1-2H3;. The van der Waals surface area contributed by atoms with Crippen molar-refractivity contribution in [3.63, 3.8) is 0 Å². The molecule has 0 rings (SSSR count). The summed E-state index contributed by atoms with van der Waals surface area (Å²) in [7, 11) is 1.08. The summed E-state index contributed by atoms with van der Waals surface area (Å²) < 4.78 is 0. The van der Waals surface area contributed by atoms with Gasteiger partial charge in [0.1, 0.15) is 0 Å². The van der Waals surface area contributed by atoms with Crippen LogP contribution < -0.4 is 0 Å². The molecule has 0 aromatic rings. The Hall–Kier alpha value is 0.936. The van der Waals surface area contributed by atoms with Crippen molar-refractivity contribution in [2.45, 2.75) is 0 Å². The van der Waals surface area contributed by atoms with Gasteiger partial charge >= 0.3 is 0 Å². The van der Waals surface area contributed by atoms with Gasteiger partial charge in [-0.25, -0.2) is 0 Å². The molecule has 0 bridgehead atoms. The molecule has 0 heterocycles. The minimum absolute atomic E-state index is 0. The van der Waals surface area contributed by atoms with Crippen molar-refractivity contribution in [3.8, 4) is 0 Å². The minimum Gasteiger partial charge on any atom is -0.129 e. The number of rotatable bonds is 0. The summed E-state index contributed by atoms with van der Waals surface area (Å²) in [4.78, 5) is 0. The van der Waals surface area contributed by atoms with Crippen molar-refractivity contribution in [2.75, 3.05) is 13.3 Å². The van der Waals surface area contributed by atoms with E-state index in [1.54, 1.807) is 0 Å². The molecule has 0 amide bonds. The first kappa shape index (κ1) is 8.87. The van der Waals surface area contributed by atoms with Crippen LogP contribution in [0.5, 0.6) is 0 Å². The van der Waals surface area contributed by atoms with E-state index in [9.17, 15) is 0 Å². The van der Waals surface area contributed by atoms with Crippen LogP contribution in [0.3, 0.4) is 0 Å². The Morgan fingerprint density at radius 1 is 1.25 bits per heavy atom. The molecule has 2 heteroatoms. The molecule has 0 aromatic carbocycles. The van der Waals surface area contributed by atoms with Gasteiger partial charge in [0.15, 0.2) is 0 Å². The Morgan fingerprint density at radius 3 is 1.25 bits per heavy atom. The van der Waals surface area contributed by atoms with E-state index in [2.05, 4.69) is 13.3 Å². The zero-order chi connectivity index (χ0) is 2.71. The quantitative estimate of drug-likeness (QED) is 0.418. The molecule has 29 valence electrons. The molecule has 0 atom stereocenters. The second-order valence-electron chi connectivity index (χ2n) is 0.500. The van der Waals surface area contributed by atoms with Crippen molar-refractivity contribution in [3.05, 3.63) is 0 Å². The molecule has 0 nitrogen and oxygen atoms in total. The Bertz CT molecular complexity index is 6.00. The largest absolute Gasteiger partial charge is 0.129 e. The summed E-state index contributed by atoms with van der Waals surface area (Å²) in [5, 5.41) is 0. The molecule has 0 spiro atoms. The van der Waals surface area contributed by atoms with Gasteiger partial charge in [0.05, 0.1) is 0 Å². The van der Waals surface area contributed by atoms with Crippen LogP contribution in [0.1, 0.15) is 0 Å². The number of hydrogen-bond donors (Lipinski definition) is 0. The van der Waals surface area contributed by atoms with E-state index >= 15 is 0 Å². The summed E-state index contributed by atoms with van der Waals surface area (Å²) in [6, 6.07) is 0. The Morgan fingerprint density at radius 2 is 1.25 bits per heavy atom. The van der Waals surface area contributed by atoms with Gasteiger partial charge in [-0.1, -0.05) is 0 Å². The Kier molecular flexibility index (Phi) is 20.1. The van der Waals surface area contributed by atoms with Crippen molar-refractivity contribution in [1.29, 1.82) is 0 Å². The van der Waals surface area contributed by atoms with Crippen LogP contribution in [-0.2, 0) is 16.8 Å². The fraction of sp³-hybridized carbons (Fsp3) is 1.00.